The van der Waals surface area contributed by atoms with Gasteiger partial charge in [-0.2, -0.15) is 0 Å². The van der Waals surface area contributed by atoms with Crippen molar-refractivity contribution < 1.29 is 14.3 Å². The van der Waals surface area contributed by atoms with Crippen molar-refractivity contribution in [3.63, 3.8) is 0 Å². The second-order valence-electron chi connectivity index (χ2n) is 6.90. The smallest absolute Gasteiger partial charge is 0.221 e. The van der Waals surface area contributed by atoms with Gasteiger partial charge in [0.1, 0.15) is 12.4 Å². The lowest BCUT2D eigenvalue weighted by atomic mass is 9.87. The monoisotopic (exact) mass is 320 g/mol. The van der Waals surface area contributed by atoms with Crippen LogP contribution < -0.4 is 15.4 Å². The van der Waals surface area contributed by atoms with E-state index in [-0.39, 0.29) is 17.4 Å². The molecule has 2 N–H and O–H groups in total. The van der Waals surface area contributed by atoms with Crippen LogP contribution in [0.2, 0.25) is 0 Å². The Labute approximate surface area is 138 Å². The normalized spacial score (nSPS) is 18.5. The molecule has 23 heavy (non-hydrogen) atoms. The molecule has 1 unspecified atom stereocenters. The van der Waals surface area contributed by atoms with E-state index in [1.54, 1.807) is 0 Å². The van der Waals surface area contributed by atoms with Crippen LogP contribution in [-0.4, -0.2) is 44.9 Å². The molecule has 0 aromatic heterocycles. The third-order valence-corrected chi connectivity index (χ3v) is 3.84. The van der Waals surface area contributed by atoms with Crippen molar-refractivity contribution in [1.82, 2.24) is 10.6 Å². The van der Waals surface area contributed by atoms with Crippen molar-refractivity contribution >= 4 is 5.91 Å². The van der Waals surface area contributed by atoms with Gasteiger partial charge in [-0.25, -0.2) is 0 Å². The minimum Gasteiger partial charge on any atom is -0.492 e. The first-order valence-electron chi connectivity index (χ1n) is 8.26. The average molecular weight is 320 g/mol. The van der Waals surface area contributed by atoms with Crippen molar-refractivity contribution in [2.45, 2.75) is 38.6 Å². The van der Waals surface area contributed by atoms with Gasteiger partial charge in [-0.05, 0) is 23.1 Å². The second kappa shape index (κ2) is 8.31. The Morgan fingerprint density at radius 1 is 1.35 bits per heavy atom. The van der Waals surface area contributed by atoms with Gasteiger partial charge in [-0.1, -0.05) is 32.9 Å². The number of amides is 1. The summed E-state index contributed by atoms with van der Waals surface area (Å²) in [5.74, 6) is 0.856. The molecule has 0 aliphatic carbocycles. The summed E-state index contributed by atoms with van der Waals surface area (Å²) >= 11 is 0. The highest BCUT2D eigenvalue weighted by Gasteiger charge is 2.16. The zero-order valence-electron chi connectivity index (χ0n) is 14.4. The first-order chi connectivity index (χ1) is 10.9. The van der Waals surface area contributed by atoms with E-state index in [0.717, 1.165) is 18.9 Å². The third kappa shape index (κ3) is 6.20. The first-order valence-corrected chi connectivity index (χ1v) is 8.26. The van der Waals surface area contributed by atoms with Gasteiger partial charge >= 0.3 is 0 Å². The van der Waals surface area contributed by atoms with Gasteiger partial charge < -0.3 is 20.1 Å². The van der Waals surface area contributed by atoms with Crippen LogP contribution in [-0.2, 0) is 14.9 Å². The molecule has 1 fully saturated rings. The van der Waals surface area contributed by atoms with E-state index in [4.69, 9.17) is 9.47 Å². The molecule has 0 bridgehead atoms. The van der Waals surface area contributed by atoms with Crippen molar-refractivity contribution in [3.8, 4) is 5.75 Å². The number of hydrogen-bond acceptors (Lipinski definition) is 4. The van der Waals surface area contributed by atoms with E-state index in [1.807, 2.05) is 12.1 Å². The number of hydrogen-bond donors (Lipinski definition) is 2. The van der Waals surface area contributed by atoms with E-state index < -0.39 is 0 Å². The largest absolute Gasteiger partial charge is 0.492 e. The first kappa shape index (κ1) is 17.8. The van der Waals surface area contributed by atoms with Gasteiger partial charge in [0.2, 0.25) is 5.91 Å². The molecule has 1 atom stereocenters. The Balaban J connectivity index is 1.64. The summed E-state index contributed by atoms with van der Waals surface area (Å²) in [7, 11) is 0. The Bertz CT molecular complexity index is 488. The van der Waals surface area contributed by atoms with Crippen molar-refractivity contribution in [1.29, 1.82) is 0 Å². The van der Waals surface area contributed by atoms with Crippen molar-refractivity contribution in [2.24, 2.45) is 0 Å². The summed E-state index contributed by atoms with van der Waals surface area (Å²) in [5, 5.41) is 6.14. The molecule has 1 aromatic rings. The molecule has 128 valence electrons. The predicted molar refractivity (Wildman–Crippen MR) is 90.9 cm³/mol. The Hall–Kier alpha value is -1.59. The summed E-state index contributed by atoms with van der Waals surface area (Å²) in [5.41, 5.74) is 1.42. The standard InChI is InChI=1S/C18H28N2O3/c1-18(2,3)14-4-6-16(7-5-14)23-11-9-20-17(21)12-15-13-22-10-8-19-15/h4-7,15,19H,8-13H2,1-3H3,(H,20,21). The van der Waals surface area contributed by atoms with Gasteiger partial charge in [0, 0.05) is 19.0 Å². The molecule has 1 aliphatic rings. The molecule has 5 nitrogen and oxygen atoms in total. The molecular weight excluding hydrogens is 292 g/mol. The maximum atomic E-state index is 11.8. The van der Waals surface area contributed by atoms with Gasteiger partial charge in [0.15, 0.2) is 0 Å². The molecule has 1 heterocycles. The van der Waals surface area contributed by atoms with Crippen LogP contribution in [0.5, 0.6) is 5.75 Å². The topological polar surface area (TPSA) is 59.6 Å². The van der Waals surface area contributed by atoms with E-state index in [1.165, 1.54) is 5.56 Å². The van der Waals surface area contributed by atoms with Crippen LogP contribution in [0.3, 0.4) is 0 Å². The number of benzene rings is 1. The SMILES string of the molecule is CC(C)(C)c1ccc(OCCNC(=O)CC2COCCN2)cc1. The van der Waals surface area contributed by atoms with E-state index >= 15 is 0 Å². The lowest BCUT2D eigenvalue weighted by Gasteiger charge is -2.23. The highest BCUT2D eigenvalue weighted by atomic mass is 16.5. The highest BCUT2D eigenvalue weighted by Crippen LogP contribution is 2.24. The zero-order chi connectivity index (χ0) is 16.7. The quantitative estimate of drug-likeness (QED) is 0.786. The van der Waals surface area contributed by atoms with Crippen LogP contribution in [0.4, 0.5) is 0 Å². The van der Waals surface area contributed by atoms with Crippen molar-refractivity contribution in [3.05, 3.63) is 29.8 Å². The molecule has 0 spiro atoms. The fourth-order valence-electron chi connectivity index (χ4n) is 2.46. The fourth-order valence-corrected chi connectivity index (χ4v) is 2.46. The maximum absolute atomic E-state index is 11.8. The van der Waals surface area contributed by atoms with Crippen LogP contribution >= 0.6 is 0 Å². The lowest BCUT2D eigenvalue weighted by molar-refractivity contribution is -0.122. The summed E-state index contributed by atoms with van der Waals surface area (Å²) in [6.45, 7) is 9.66. The Kier molecular flexibility index (Phi) is 6.42. The summed E-state index contributed by atoms with van der Waals surface area (Å²) in [6.07, 6.45) is 0.445. The number of carbonyl (C=O) groups is 1. The second-order valence-corrected chi connectivity index (χ2v) is 6.90. The van der Waals surface area contributed by atoms with E-state index in [9.17, 15) is 4.79 Å². The van der Waals surface area contributed by atoms with Gasteiger partial charge in [0.05, 0.1) is 19.8 Å². The van der Waals surface area contributed by atoms with Crippen LogP contribution in [0.1, 0.15) is 32.8 Å². The fraction of sp³-hybridized carbons (Fsp3) is 0.611. The number of rotatable bonds is 6. The average Bonchev–Trinajstić information content (AvgIpc) is 2.52. The van der Waals surface area contributed by atoms with E-state index in [2.05, 4.69) is 43.5 Å². The van der Waals surface area contributed by atoms with Gasteiger partial charge in [-0.3, -0.25) is 4.79 Å². The summed E-state index contributed by atoms with van der Waals surface area (Å²) < 4.78 is 11.0. The minimum atomic E-state index is 0.0275. The van der Waals surface area contributed by atoms with Crippen LogP contribution in [0.25, 0.3) is 0 Å². The molecule has 0 saturated carbocycles. The summed E-state index contributed by atoms with van der Waals surface area (Å²) in [4.78, 5) is 11.8. The molecule has 2 rings (SSSR count). The molecule has 1 aromatic carbocycles. The zero-order valence-corrected chi connectivity index (χ0v) is 14.4. The molecule has 1 saturated heterocycles. The number of nitrogens with one attached hydrogen (secondary N) is 2. The van der Waals surface area contributed by atoms with Crippen molar-refractivity contribution in [2.75, 3.05) is 32.9 Å². The van der Waals surface area contributed by atoms with Gasteiger partial charge in [-0.15, -0.1) is 0 Å². The molecule has 1 amide bonds. The molecule has 1 aliphatic heterocycles. The highest BCUT2D eigenvalue weighted by molar-refractivity contribution is 5.76. The Morgan fingerprint density at radius 2 is 2.09 bits per heavy atom. The van der Waals surface area contributed by atoms with Crippen LogP contribution in [0.15, 0.2) is 24.3 Å². The maximum Gasteiger partial charge on any atom is 0.221 e. The third-order valence-electron chi connectivity index (χ3n) is 3.84. The number of carbonyl (C=O) groups excluding carboxylic acids is 1. The Morgan fingerprint density at radius 3 is 2.70 bits per heavy atom. The van der Waals surface area contributed by atoms with E-state index in [0.29, 0.717) is 26.2 Å². The molecule has 5 heteroatoms. The number of ether oxygens (including phenoxy) is 2. The lowest BCUT2D eigenvalue weighted by Crippen LogP contribution is -2.44. The minimum absolute atomic E-state index is 0.0275. The number of morpholine rings is 1. The van der Waals surface area contributed by atoms with Crippen LogP contribution in [0, 0.1) is 0 Å². The molecular formula is C18H28N2O3. The predicted octanol–water partition coefficient (Wildman–Crippen LogP) is 1.86. The van der Waals surface area contributed by atoms with Gasteiger partial charge in [0.25, 0.3) is 0 Å². The summed E-state index contributed by atoms with van der Waals surface area (Å²) in [6, 6.07) is 8.25. The molecule has 0 radical (unpaired) electrons.